The van der Waals surface area contributed by atoms with E-state index in [-0.39, 0.29) is 0 Å². The van der Waals surface area contributed by atoms with E-state index in [2.05, 4.69) is 264 Å². The van der Waals surface area contributed by atoms with E-state index in [9.17, 15) is 0 Å². The van der Waals surface area contributed by atoms with E-state index in [0.29, 0.717) is 0 Å². The quantitative estimate of drug-likeness (QED) is 0.141. The van der Waals surface area contributed by atoms with Gasteiger partial charge < -0.3 is 9.47 Å². The summed E-state index contributed by atoms with van der Waals surface area (Å²) in [5, 5.41) is 2.42. The van der Waals surface area contributed by atoms with Gasteiger partial charge in [0.25, 0.3) is 0 Å². The summed E-state index contributed by atoms with van der Waals surface area (Å²) in [6.45, 7) is 0. The molecule has 0 amide bonds. The molecule has 0 unspecified atom stereocenters. The van der Waals surface area contributed by atoms with Gasteiger partial charge in [-0.25, -0.2) is 0 Å². The van der Waals surface area contributed by atoms with Crippen LogP contribution in [-0.2, 0) is 0 Å². The lowest BCUT2D eigenvalue weighted by Gasteiger charge is -2.28. The maximum absolute atomic E-state index is 2.48. The largest absolute Gasteiger partial charge is 0.310 e. The van der Waals surface area contributed by atoms with Crippen molar-refractivity contribution in [3.05, 3.63) is 255 Å². The molecule has 0 aliphatic rings. The van der Waals surface area contributed by atoms with Gasteiger partial charge in [0.2, 0.25) is 0 Å². The first kappa shape index (κ1) is 36.8. The smallest absolute Gasteiger partial charge is 0.0562 e. The van der Waals surface area contributed by atoms with Crippen LogP contribution >= 0.6 is 0 Å². The van der Waals surface area contributed by atoms with Crippen molar-refractivity contribution in [2.24, 2.45) is 0 Å². The van der Waals surface area contributed by atoms with Gasteiger partial charge in [-0.3, -0.25) is 0 Å². The number of anilines is 3. The minimum absolute atomic E-state index is 1.07. The molecule has 0 fully saturated rings. The second-order valence-corrected chi connectivity index (χ2v) is 15.7. The molecule has 10 aromatic carbocycles. The summed E-state index contributed by atoms with van der Waals surface area (Å²) in [6.07, 6.45) is 0. The lowest BCUT2D eigenvalue weighted by Crippen LogP contribution is -2.11. The van der Waals surface area contributed by atoms with Crippen LogP contribution in [0, 0.1) is 0 Å². The monoisotopic (exact) mass is 790 g/mol. The molecular weight excluding hydrogens is 749 g/mol. The van der Waals surface area contributed by atoms with Gasteiger partial charge in [0.15, 0.2) is 0 Å². The maximum atomic E-state index is 2.48. The number of hydrogen-bond donors (Lipinski definition) is 0. The number of fused-ring (bicyclic) bond motifs is 3. The fraction of sp³-hybridized carbons (Fsp3) is 0. The molecule has 2 heteroatoms. The molecule has 0 radical (unpaired) electrons. The van der Waals surface area contributed by atoms with E-state index in [0.717, 1.165) is 39.4 Å². The SMILES string of the molecule is c1ccc(-c2ccc(-c3ccccc3N(c3ccc(-c4ccccc4)cc3)c3ccc4c5ccccc5n(-c5cc(-c6ccccc6)ccc5-c5ccccc5)c4c3)cc2)cc1. The normalized spacial score (nSPS) is 11.2. The van der Waals surface area contributed by atoms with Crippen LogP contribution in [-0.4, -0.2) is 4.57 Å². The Morgan fingerprint density at radius 1 is 0.258 bits per heavy atom. The van der Waals surface area contributed by atoms with Crippen LogP contribution in [0.15, 0.2) is 255 Å². The Bertz CT molecular complexity index is 3300. The van der Waals surface area contributed by atoms with Gasteiger partial charge in [-0.1, -0.05) is 212 Å². The molecule has 1 aromatic heterocycles. The van der Waals surface area contributed by atoms with Gasteiger partial charge >= 0.3 is 0 Å². The van der Waals surface area contributed by atoms with Crippen LogP contribution in [0.5, 0.6) is 0 Å². The highest BCUT2D eigenvalue weighted by Crippen LogP contribution is 2.45. The zero-order valence-corrected chi connectivity index (χ0v) is 34.1. The van der Waals surface area contributed by atoms with Crippen molar-refractivity contribution < 1.29 is 0 Å². The van der Waals surface area contributed by atoms with E-state index >= 15 is 0 Å². The highest BCUT2D eigenvalue weighted by Gasteiger charge is 2.22. The Kier molecular flexibility index (Phi) is 9.57. The third-order valence-electron chi connectivity index (χ3n) is 12.0. The fourth-order valence-corrected chi connectivity index (χ4v) is 8.99. The number of aromatic nitrogens is 1. The van der Waals surface area contributed by atoms with E-state index in [1.165, 1.54) is 60.8 Å². The first-order valence-electron chi connectivity index (χ1n) is 21.3. The molecule has 11 aromatic rings. The third-order valence-corrected chi connectivity index (χ3v) is 12.0. The molecule has 0 saturated carbocycles. The summed E-state index contributed by atoms with van der Waals surface area (Å²) in [4.78, 5) is 2.43. The Hall–Kier alpha value is -8.20. The molecular formula is C60H42N2. The van der Waals surface area contributed by atoms with Crippen LogP contribution in [0.1, 0.15) is 0 Å². The molecule has 0 atom stereocenters. The van der Waals surface area contributed by atoms with Crippen molar-refractivity contribution >= 4 is 38.9 Å². The van der Waals surface area contributed by atoms with Gasteiger partial charge in [-0.2, -0.15) is 0 Å². The molecule has 0 aliphatic carbocycles. The molecule has 1 heterocycles. The van der Waals surface area contributed by atoms with Gasteiger partial charge in [-0.05, 0) is 87.0 Å². The minimum atomic E-state index is 1.07. The van der Waals surface area contributed by atoms with Gasteiger partial charge in [-0.15, -0.1) is 0 Å². The minimum Gasteiger partial charge on any atom is -0.310 e. The number of para-hydroxylation sites is 2. The number of benzene rings is 10. The van der Waals surface area contributed by atoms with E-state index in [4.69, 9.17) is 0 Å². The van der Waals surface area contributed by atoms with Crippen molar-refractivity contribution in [1.29, 1.82) is 0 Å². The summed E-state index contributed by atoms with van der Waals surface area (Å²) in [6, 6.07) is 92.2. The molecule has 292 valence electrons. The molecule has 2 nitrogen and oxygen atoms in total. The van der Waals surface area contributed by atoms with Crippen LogP contribution in [0.3, 0.4) is 0 Å². The summed E-state index contributed by atoms with van der Waals surface area (Å²) >= 11 is 0. The first-order valence-corrected chi connectivity index (χ1v) is 21.3. The Labute approximate surface area is 362 Å². The van der Waals surface area contributed by atoms with Crippen molar-refractivity contribution in [3.63, 3.8) is 0 Å². The molecule has 0 N–H and O–H groups in total. The summed E-state index contributed by atoms with van der Waals surface area (Å²) in [7, 11) is 0. The fourth-order valence-electron chi connectivity index (χ4n) is 8.99. The first-order chi connectivity index (χ1) is 30.8. The van der Waals surface area contributed by atoms with Gasteiger partial charge in [0.05, 0.1) is 22.4 Å². The van der Waals surface area contributed by atoms with Crippen LogP contribution < -0.4 is 4.90 Å². The Balaban J connectivity index is 1.14. The molecule has 0 aliphatic heterocycles. The van der Waals surface area contributed by atoms with E-state index in [1.54, 1.807) is 0 Å². The number of rotatable bonds is 9. The molecule has 62 heavy (non-hydrogen) atoms. The molecule has 11 rings (SSSR count). The topological polar surface area (TPSA) is 8.17 Å². The zero-order valence-electron chi connectivity index (χ0n) is 34.1. The number of nitrogens with zero attached hydrogens (tertiary/aromatic N) is 2. The zero-order chi connectivity index (χ0) is 41.2. The predicted molar refractivity (Wildman–Crippen MR) is 263 cm³/mol. The highest BCUT2D eigenvalue weighted by atomic mass is 15.1. The average molecular weight is 791 g/mol. The Morgan fingerprint density at radius 3 is 1.34 bits per heavy atom. The highest BCUT2D eigenvalue weighted by molar-refractivity contribution is 6.11. The van der Waals surface area contributed by atoms with Crippen molar-refractivity contribution in [2.45, 2.75) is 0 Å². The van der Waals surface area contributed by atoms with E-state index < -0.39 is 0 Å². The standard InChI is InChI=1S/C60H42N2/c1-5-17-43(18-6-1)46-29-31-49(32-30-46)53-25-13-15-27-57(53)61(51-36-33-47(34-37-51)44-19-7-2-8-20-44)52-38-40-56-55-26-14-16-28-58(55)62(60(56)42-52)59-41-50(45-21-9-3-10-22-45)35-39-54(59)48-23-11-4-12-24-48/h1-42H. The average Bonchev–Trinajstić information content (AvgIpc) is 3.69. The van der Waals surface area contributed by atoms with Crippen molar-refractivity contribution in [3.8, 4) is 61.3 Å². The number of hydrogen-bond acceptors (Lipinski definition) is 1. The van der Waals surface area contributed by atoms with Gasteiger partial charge in [0.1, 0.15) is 0 Å². The lowest BCUT2D eigenvalue weighted by atomic mass is 9.97. The summed E-state index contributed by atoms with van der Waals surface area (Å²) in [5.41, 5.74) is 18.5. The van der Waals surface area contributed by atoms with Crippen LogP contribution in [0.25, 0.3) is 83.1 Å². The van der Waals surface area contributed by atoms with Crippen LogP contribution in [0.2, 0.25) is 0 Å². The molecule has 0 spiro atoms. The second-order valence-electron chi connectivity index (χ2n) is 15.7. The van der Waals surface area contributed by atoms with Crippen molar-refractivity contribution in [2.75, 3.05) is 4.90 Å². The lowest BCUT2D eigenvalue weighted by molar-refractivity contribution is 1.18. The van der Waals surface area contributed by atoms with E-state index in [1.807, 2.05) is 0 Å². The van der Waals surface area contributed by atoms with Crippen LogP contribution in [0.4, 0.5) is 17.1 Å². The Morgan fingerprint density at radius 2 is 0.694 bits per heavy atom. The third kappa shape index (κ3) is 6.84. The molecule has 0 bridgehead atoms. The maximum Gasteiger partial charge on any atom is 0.0562 e. The van der Waals surface area contributed by atoms with Gasteiger partial charge in [0, 0.05) is 33.3 Å². The molecule has 0 saturated heterocycles. The predicted octanol–water partition coefficient (Wildman–Crippen LogP) is 16.6. The van der Waals surface area contributed by atoms with Crippen molar-refractivity contribution in [1.82, 2.24) is 4.57 Å². The summed E-state index contributed by atoms with van der Waals surface area (Å²) in [5.74, 6) is 0. The summed E-state index contributed by atoms with van der Waals surface area (Å²) < 4.78 is 2.48. The second kappa shape index (κ2) is 16.1.